The third-order valence-electron chi connectivity index (χ3n) is 3.53. The van der Waals surface area contributed by atoms with Crippen molar-refractivity contribution in [2.45, 2.75) is 6.42 Å². The Kier molecular flexibility index (Phi) is 5.59. The van der Waals surface area contributed by atoms with Crippen molar-refractivity contribution in [1.82, 2.24) is 0 Å². The molecule has 0 heterocycles. The molecule has 0 radical (unpaired) electrons. The number of nitrogens with one attached hydrogen (secondary N) is 1. The number of para-hydroxylation sites is 3. The minimum atomic E-state index is -0.223. The fraction of sp³-hybridized carbons (Fsp3) is 0.0500. The highest BCUT2D eigenvalue weighted by molar-refractivity contribution is 6.36. The van der Waals surface area contributed by atoms with Crippen LogP contribution in [-0.4, -0.2) is 5.91 Å². The Hall–Kier alpha value is -2.49. The molecule has 0 fully saturated rings. The van der Waals surface area contributed by atoms with Gasteiger partial charge in [-0.2, -0.15) is 0 Å². The first-order chi connectivity index (χ1) is 12.1. The minimum absolute atomic E-state index is 0.0815. The number of rotatable bonds is 5. The van der Waals surface area contributed by atoms with Crippen LogP contribution in [0.5, 0.6) is 11.5 Å². The Bertz CT molecular complexity index is 862. The zero-order chi connectivity index (χ0) is 17.6. The zero-order valence-electron chi connectivity index (χ0n) is 13.2. The lowest BCUT2D eigenvalue weighted by molar-refractivity contribution is -0.115. The molecule has 5 heteroatoms. The van der Waals surface area contributed by atoms with Gasteiger partial charge in [-0.05, 0) is 42.0 Å². The predicted octanol–water partition coefficient (Wildman–Crippen LogP) is 5.97. The maximum absolute atomic E-state index is 12.4. The van der Waals surface area contributed by atoms with Gasteiger partial charge in [0.05, 0.1) is 12.1 Å². The van der Waals surface area contributed by atoms with E-state index in [1.54, 1.807) is 30.3 Å². The largest absolute Gasteiger partial charge is 0.455 e. The molecule has 3 aromatic rings. The van der Waals surface area contributed by atoms with Gasteiger partial charge in [0, 0.05) is 10.0 Å². The van der Waals surface area contributed by atoms with Crippen LogP contribution >= 0.6 is 23.2 Å². The smallest absolute Gasteiger partial charge is 0.229 e. The molecule has 0 atom stereocenters. The van der Waals surface area contributed by atoms with Crippen molar-refractivity contribution >= 4 is 34.8 Å². The van der Waals surface area contributed by atoms with Crippen LogP contribution in [0.25, 0.3) is 0 Å². The van der Waals surface area contributed by atoms with Crippen LogP contribution in [-0.2, 0) is 11.2 Å². The zero-order valence-corrected chi connectivity index (χ0v) is 14.7. The van der Waals surface area contributed by atoms with Gasteiger partial charge in [0.2, 0.25) is 5.91 Å². The molecule has 1 N–H and O–H groups in total. The monoisotopic (exact) mass is 371 g/mol. The molecular weight excluding hydrogens is 357 g/mol. The summed E-state index contributed by atoms with van der Waals surface area (Å²) in [5.41, 5.74) is 1.18. The lowest BCUT2D eigenvalue weighted by Crippen LogP contribution is -2.15. The highest BCUT2D eigenvalue weighted by Crippen LogP contribution is 2.30. The fourth-order valence-corrected chi connectivity index (χ4v) is 2.86. The summed E-state index contributed by atoms with van der Waals surface area (Å²) in [5.74, 6) is 1.03. The number of carbonyl (C=O) groups is 1. The highest BCUT2D eigenvalue weighted by Gasteiger charge is 2.13. The van der Waals surface area contributed by atoms with Crippen molar-refractivity contribution in [3.05, 3.63) is 88.4 Å². The SMILES string of the molecule is O=C(Cc1c(Cl)cccc1Cl)Nc1ccccc1Oc1ccccc1. The second-order valence-corrected chi connectivity index (χ2v) is 6.15. The van der Waals surface area contributed by atoms with Crippen molar-refractivity contribution in [2.75, 3.05) is 5.32 Å². The van der Waals surface area contributed by atoms with E-state index in [1.807, 2.05) is 42.5 Å². The Morgan fingerprint density at radius 3 is 2.20 bits per heavy atom. The fourth-order valence-electron chi connectivity index (χ4n) is 2.33. The van der Waals surface area contributed by atoms with E-state index >= 15 is 0 Å². The number of hydrogen-bond donors (Lipinski definition) is 1. The van der Waals surface area contributed by atoms with Crippen molar-refractivity contribution in [2.24, 2.45) is 0 Å². The minimum Gasteiger partial charge on any atom is -0.455 e. The molecule has 0 aromatic heterocycles. The van der Waals surface area contributed by atoms with E-state index in [1.165, 1.54) is 0 Å². The van der Waals surface area contributed by atoms with E-state index in [4.69, 9.17) is 27.9 Å². The van der Waals surface area contributed by atoms with E-state index in [9.17, 15) is 4.79 Å². The highest BCUT2D eigenvalue weighted by atomic mass is 35.5. The third kappa shape index (κ3) is 4.53. The lowest BCUT2D eigenvalue weighted by atomic mass is 10.1. The topological polar surface area (TPSA) is 38.3 Å². The van der Waals surface area contributed by atoms with Crippen LogP contribution in [0.3, 0.4) is 0 Å². The van der Waals surface area contributed by atoms with Crippen molar-refractivity contribution in [1.29, 1.82) is 0 Å². The molecule has 0 aliphatic rings. The van der Waals surface area contributed by atoms with Crippen molar-refractivity contribution in [3.8, 4) is 11.5 Å². The molecule has 0 aliphatic carbocycles. The molecular formula is C20H15Cl2NO2. The lowest BCUT2D eigenvalue weighted by Gasteiger charge is -2.13. The van der Waals surface area contributed by atoms with E-state index in [2.05, 4.69) is 5.32 Å². The molecule has 3 aromatic carbocycles. The Balaban J connectivity index is 1.76. The Morgan fingerprint density at radius 1 is 0.840 bits per heavy atom. The van der Waals surface area contributed by atoms with Crippen LogP contribution in [0.1, 0.15) is 5.56 Å². The number of anilines is 1. The van der Waals surface area contributed by atoms with Crippen molar-refractivity contribution in [3.63, 3.8) is 0 Å². The molecule has 0 saturated heterocycles. The van der Waals surface area contributed by atoms with Crippen LogP contribution < -0.4 is 10.1 Å². The normalized spacial score (nSPS) is 10.3. The molecule has 126 valence electrons. The number of halogens is 2. The summed E-state index contributed by atoms with van der Waals surface area (Å²) in [5, 5.41) is 3.79. The van der Waals surface area contributed by atoms with Gasteiger partial charge in [0.15, 0.2) is 5.75 Å². The van der Waals surface area contributed by atoms with Gasteiger partial charge in [0.1, 0.15) is 5.75 Å². The van der Waals surface area contributed by atoms with Gasteiger partial charge in [0.25, 0.3) is 0 Å². The van der Waals surface area contributed by atoms with Gasteiger partial charge in [-0.15, -0.1) is 0 Å². The van der Waals surface area contributed by atoms with Gasteiger partial charge >= 0.3 is 0 Å². The molecule has 1 amide bonds. The Labute approximate surface area is 156 Å². The summed E-state index contributed by atoms with van der Waals surface area (Å²) in [6, 6.07) is 21.8. The first kappa shape index (κ1) is 17.3. The van der Waals surface area contributed by atoms with Gasteiger partial charge < -0.3 is 10.1 Å². The van der Waals surface area contributed by atoms with Crippen LogP contribution in [0.4, 0.5) is 5.69 Å². The van der Waals surface area contributed by atoms with Gasteiger partial charge in [-0.1, -0.05) is 59.6 Å². The predicted molar refractivity (Wildman–Crippen MR) is 102 cm³/mol. The number of amides is 1. The average molecular weight is 372 g/mol. The maximum Gasteiger partial charge on any atom is 0.229 e. The second kappa shape index (κ2) is 8.06. The molecule has 25 heavy (non-hydrogen) atoms. The number of hydrogen-bond acceptors (Lipinski definition) is 2. The molecule has 0 spiro atoms. The quantitative estimate of drug-likeness (QED) is 0.600. The Morgan fingerprint density at radius 2 is 1.48 bits per heavy atom. The second-order valence-electron chi connectivity index (χ2n) is 5.34. The third-order valence-corrected chi connectivity index (χ3v) is 4.24. The number of carbonyl (C=O) groups excluding carboxylic acids is 1. The summed E-state index contributed by atoms with van der Waals surface area (Å²) in [4.78, 5) is 12.4. The first-order valence-corrected chi connectivity index (χ1v) is 8.44. The summed E-state index contributed by atoms with van der Waals surface area (Å²) in [7, 11) is 0. The van der Waals surface area contributed by atoms with Crippen LogP contribution in [0.2, 0.25) is 10.0 Å². The summed E-state index contributed by atoms with van der Waals surface area (Å²) in [6.45, 7) is 0. The van der Waals surface area contributed by atoms with E-state index in [0.717, 1.165) is 0 Å². The first-order valence-electron chi connectivity index (χ1n) is 7.68. The molecule has 0 bridgehead atoms. The van der Waals surface area contributed by atoms with E-state index in [-0.39, 0.29) is 12.3 Å². The van der Waals surface area contributed by atoms with Crippen molar-refractivity contribution < 1.29 is 9.53 Å². The standard InChI is InChI=1S/C20H15Cl2NO2/c21-16-9-6-10-17(22)15(16)13-20(24)23-18-11-4-5-12-19(18)25-14-7-2-1-3-8-14/h1-12H,13H2,(H,23,24). The van der Waals surface area contributed by atoms with E-state index in [0.29, 0.717) is 32.8 Å². The van der Waals surface area contributed by atoms with E-state index < -0.39 is 0 Å². The molecule has 0 aliphatic heterocycles. The molecule has 0 unspecified atom stereocenters. The summed E-state index contributed by atoms with van der Waals surface area (Å²) in [6.07, 6.45) is 0.0815. The number of ether oxygens (including phenoxy) is 1. The molecule has 3 nitrogen and oxygen atoms in total. The van der Waals surface area contributed by atoms with Gasteiger partial charge in [-0.3, -0.25) is 4.79 Å². The molecule has 3 rings (SSSR count). The van der Waals surface area contributed by atoms with Crippen LogP contribution in [0, 0.1) is 0 Å². The summed E-state index contributed by atoms with van der Waals surface area (Å²) < 4.78 is 5.84. The average Bonchev–Trinajstić information content (AvgIpc) is 2.61. The summed E-state index contributed by atoms with van der Waals surface area (Å²) >= 11 is 12.3. The van der Waals surface area contributed by atoms with Gasteiger partial charge in [-0.25, -0.2) is 0 Å². The number of benzene rings is 3. The molecule has 0 saturated carbocycles. The van der Waals surface area contributed by atoms with Crippen LogP contribution in [0.15, 0.2) is 72.8 Å². The maximum atomic E-state index is 12.4.